The number of aliphatic hydroxyl groups excluding tert-OH is 1. The standard InChI is InChI=1S/C22H27N3O4/c1-15(16-6-3-2-4-7-16)24-21(27)12-18-9-10-19(20(14-26)29-18)25-22(28)17-8-5-11-23-13-17/h2-8,11,13,15,18-20,26H,9-10,12,14H2,1H3,(H,24,27)(H,25,28)/t15-,18+,19+,20-/m0/s1. The fraction of sp³-hybridized carbons (Fsp3) is 0.409. The number of benzene rings is 1. The highest BCUT2D eigenvalue weighted by Gasteiger charge is 2.33. The molecular formula is C22H27N3O4. The van der Waals surface area contributed by atoms with Crippen LogP contribution in [0.4, 0.5) is 0 Å². The van der Waals surface area contributed by atoms with E-state index in [-0.39, 0.29) is 43.0 Å². The van der Waals surface area contributed by atoms with Crippen molar-refractivity contribution in [3.63, 3.8) is 0 Å². The quantitative estimate of drug-likeness (QED) is 0.663. The number of carbonyl (C=O) groups is 2. The molecule has 1 saturated heterocycles. The number of rotatable bonds is 7. The summed E-state index contributed by atoms with van der Waals surface area (Å²) in [5.74, 6) is -0.348. The number of nitrogens with one attached hydrogen (secondary N) is 2. The molecular weight excluding hydrogens is 370 g/mol. The molecule has 1 aromatic heterocycles. The third-order valence-corrected chi connectivity index (χ3v) is 5.13. The zero-order chi connectivity index (χ0) is 20.6. The van der Waals surface area contributed by atoms with Gasteiger partial charge in [0.05, 0.1) is 36.8 Å². The van der Waals surface area contributed by atoms with E-state index in [0.717, 1.165) is 5.56 Å². The number of aromatic nitrogens is 1. The van der Waals surface area contributed by atoms with E-state index in [1.807, 2.05) is 37.3 Å². The van der Waals surface area contributed by atoms with E-state index in [1.54, 1.807) is 18.3 Å². The minimum Gasteiger partial charge on any atom is -0.394 e. The monoisotopic (exact) mass is 397 g/mol. The normalized spacial score (nSPS) is 22.5. The molecule has 0 unspecified atom stereocenters. The smallest absolute Gasteiger partial charge is 0.253 e. The first kappa shape index (κ1) is 21.0. The highest BCUT2D eigenvalue weighted by atomic mass is 16.5. The van der Waals surface area contributed by atoms with Crippen LogP contribution in [-0.4, -0.2) is 46.8 Å². The predicted octanol–water partition coefficient (Wildman–Crippen LogP) is 1.99. The first-order chi connectivity index (χ1) is 14.1. The summed E-state index contributed by atoms with van der Waals surface area (Å²) < 4.78 is 5.90. The highest BCUT2D eigenvalue weighted by molar-refractivity contribution is 5.94. The second-order valence-corrected chi connectivity index (χ2v) is 7.28. The number of hydrogen-bond donors (Lipinski definition) is 3. The average Bonchev–Trinajstić information content (AvgIpc) is 2.75. The Bertz CT molecular complexity index is 800. The summed E-state index contributed by atoms with van der Waals surface area (Å²) in [7, 11) is 0. The third-order valence-electron chi connectivity index (χ3n) is 5.13. The molecule has 7 nitrogen and oxygen atoms in total. The van der Waals surface area contributed by atoms with Crippen LogP contribution in [-0.2, 0) is 9.53 Å². The van der Waals surface area contributed by atoms with Crippen molar-refractivity contribution in [2.24, 2.45) is 0 Å². The molecule has 154 valence electrons. The Balaban J connectivity index is 1.50. The lowest BCUT2D eigenvalue weighted by molar-refractivity contribution is -0.131. The van der Waals surface area contributed by atoms with Crippen molar-refractivity contribution < 1.29 is 19.4 Å². The van der Waals surface area contributed by atoms with Crippen LogP contribution in [0.1, 0.15) is 48.1 Å². The van der Waals surface area contributed by atoms with E-state index in [1.165, 1.54) is 6.20 Å². The van der Waals surface area contributed by atoms with Crippen LogP contribution in [0.25, 0.3) is 0 Å². The number of pyridine rings is 1. The van der Waals surface area contributed by atoms with Crippen LogP contribution in [0.5, 0.6) is 0 Å². The van der Waals surface area contributed by atoms with E-state index in [0.29, 0.717) is 18.4 Å². The Morgan fingerprint density at radius 2 is 2.00 bits per heavy atom. The largest absolute Gasteiger partial charge is 0.394 e. The van der Waals surface area contributed by atoms with Gasteiger partial charge < -0.3 is 20.5 Å². The molecule has 7 heteroatoms. The van der Waals surface area contributed by atoms with Crippen molar-refractivity contribution in [1.29, 1.82) is 0 Å². The molecule has 0 aliphatic carbocycles. The van der Waals surface area contributed by atoms with E-state index in [2.05, 4.69) is 15.6 Å². The Kier molecular flexibility index (Phi) is 7.32. The molecule has 29 heavy (non-hydrogen) atoms. The maximum absolute atomic E-state index is 12.4. The van der Waals surface area contributed by atoms with Gasteiger partial charge in [0.1, 0.15) is 6.10 Å². The molecule has 4 atom stereocenters. The Morgan fingerprint density at radius 3 is 2.69 bits per heavy atom. The first-order valence-electron chi connectivity index (χ1n) is 9.88. The van der Waals surface area contributed by atoms with Gasteiger partial charge in [0.15, 0.2) is 0 Å². The minimum absolute atomic E-state index is 0.0903. The molecule has 0 spiro atoms. The van der Waals surface area contributed by atoms with Crippen LogP contribution in [0, 0.1) is 0 Å². The molecule has 0 radical (unpaired) electrons. The number of ether oxygens (including phenoxy) is 1. The summed E-state index contributed by atoms with van der Waals surface area (Å²) in [6, 6.07) is 12.7. The zero-order valence-corrected chi connectivity index (χ0v) is 16.5. The van der Waals surface area contributed by atoms with Crippen molar-refractivity contribution in [3.8, 4) is 0 Å². The molecule has 0 bridgehead atoms. The molecule has 1 aromatic carbocycles. The molecule has 2 aromatic rings. The van der Waals surface area contributed by atoms with Crippen LogP contribution in [0.2, 0.25) is 0 Å². The maximum Gasteiger partial charge on any atom is 0.253 e. The second kappa shape index (κ2) is 10.1. The average molecular weight is 397 g/mol. The summed E-state index contributed by atoms with van der Waals surface area (Å²) in [5, 5.41) is 15.6. The molecule has 1 aliphatic rings. The molecule has 0 saturated carbocycles. The summed E-state index contributed by atoms with van der Waals surface area (Å²) in [5.41, 5.74) is 1.50. The van der Waals surface area contributed by atoms with Crippen molar-refractivity contribution in [2.75, 3.05) is 6.61 Å². The number of nitrogens with zero attached hydrogens (tertiary/aromatic N) is 1. The summed E-state index contributed by atoms with van der Waals surface area (Å²) >= 11 is 0. The summed E-state index contributed by atoms with van der Waals surface area (Å²) in [6.07, 6.45) is 3.73. The predicted molar refractivity (Wildman–Crippen MR) is 108 cm³/mol. The van der Waals surface area contributed by atoms with Crippen LogP contribution in [0.15, 0.2) is 54.9 Å². The first-order valence-corrected chi connectivity index (χ1v) is 9.88. The SMILES string of the molecule is C[C@H](NC(=O)C[C@H]1CC[C@@H](NC(=O)c2cccnc2)[C@H](CO)O1)c1ccccc1. The van der Waals surface area contributed by atoms with Gasteiger partial charge in [-0.05, 0) is 37.5 Å². The van der Waals surface area contributed by atoms with Crippen LogP contribution in [0.3, 0.4) is 0 Å². The van der Waals surface area contributed by atoms with Gasteiger partial charge >= 0.3 is 0 Å². The van der Waals surface area contributed by atoms with Gasteiger partial charge in [-0.1, -0.05) is 30.3 Å². The second-order valence-electron chi connectivity index (χ2n) is 7.28. The fourth-order valence-electron chi connectivity index (χ4n) is 3.53. The maximum atomic E-state index is 12.4. The van der Waals surface area contributed by atoms with E-state index in [9.17, 15) is 14.7 Å². The molecule has 3 rings (SSSR count). The number of aliphatic hydroxyl groups is 1. The Labute approximate surface area is 170 Å². The lowest BCUT2D eigenvalue weighted by Gasteiger charge is -2.36. The molecule has 1 fully saturated rings. The van der Waals surface area contributed by atoms with Crippen molar-refractivity contribution in [2.45, 2.75) is 50.5 Å². The van der Waals surface area contributed by atoms with E-state index in [4.69, 9.17) is 4.74 Å². The zero-order valence-electron chi connectivity index (χ0n) is 16.5. The van der Waals surface area contributed by atoms with Crippen LogP contribution >= 0.6 is 0 Å². The molecule has 1 aliphatic heterocycles. The highest BCUT2D eigenvalue weighted by Crippen LogP contribution is 2.23. The number of hydrogen-bond acceptors (Lipinski definition) is 5. The third kappa shape index (κ3) is 5.85. The van der Waals surface area contributed by atoms with Gasteiger partial charge in [-0.3, -0.25) is 14.6 Å². The fourth-order valence-corrected chi connectivity index (χ4v) is 3.53. The van der Waals surface area contributed by atoms with E-state index < -0.39 is 6.10 Å². The van der Waals surface area contributed by atoms with Gasteiger partial charge in [-0.2, -0.15) is 0 Å². The minimum atomic E-state index is -0.547. The van der Waals surface area contributed by atoms with Gasteiger partial charge in [0.2, 0.25) is 5.91 Å². The van der Waals surface area contributed by atoms with Gasteiger partial charge in [0.25, 0.3) is 5.91 Å². The Hall–Kier alpha value is -2.77. The lowest BCUT2D eigenvalue weighted by Crippen LogP contribution is -2.51. The van der Waals surface area contributed by atoms with Gasteiger partial charge in [-0.25, -0.2) is 0 Å². The lowest BCUT2D eigenvalue weighted by atomic mass is 9.96. The van der Waals surface area contributed by atoms with Gasteiger partial charge in [0, 0.05) is 12.4 Å². The van der Waals surface area contributed by atoms with Crippen molar-refractivity contribution in [3.05, 3.63) is 66.0 Å². The van der Waals surface area contributed by atoms with Crippen LogP contribution < -0.4 is 10.6 Å². The summed E-state index contributed by atoms with van der Waals surface area (Å²) in [6.45, 7) is 1.71. The molecule has 2 heterocycles. The van der Waals surface area contributed by atoms with Crippen molar-refractivity contribution in [1.82, 2.24) is 15.6 Å². The molecule has 2 amide bonds. The Morgan fingerprint density at radius 1 is 1.21 bits per heavy atom. The molecule has 3 N–H and O–H groups in total. The topological polar surface area (TPSA) is 101 Å². The number of carbonyl (C=O) groups excluding carboxylic acids is 2. The summed E-state index contributed by atoms with van der Waals surface area (Å²) in [4.78, 5) is 28.7. The number of amides is 2. The van der Waals surface area contributed by atoms with Gasteiger partial charge in [-0.15, -0.1) is 0 Å². The van der Waals surface area contributed by atoms with Crippen molar-refractivity contribution >= 4 is 11.8 Å². The van der Waals surface area contributed by atoms with E-state index >= 15 is 0 Å².